The van der Waals surface area contributed by atoms with E-state index in [1.165, 1.54) is 5.56 Å². The van der Waals surface area contributed by atoms with Gasteiger partial charge in [0.15, 0.2) is 6.61 Å². The van der Waals surface area contributed by atoms with Crippen LogP contribution in [0.1, 0.15) is 43.9 Å². The molecule has 0 fully saturated rings. The van der Waals surface area contributed by atoms with Crippen LogP contribution in [0.3, 0.4) is 0 Å². The fraction of sp³-hybridized carbons (Fsp3) is 0.571. The van der Waals surface area contributed by atoms with Crippen LogP contribution in [-0.4, -0.2) is 12.8 Å². The number of rotatable bonds is 7. The Morgan fingerprint density at radius 3 is 2.37 bits per heavy atom. The maximum absolute atomic E-state index is 11.9. The quantitative estimate of drug-likeness (QED) is 0.754. The molecule has 0 aliphatic heterocycles. The molecule has 0 aliphatic rings. The van der Waals surface area contributed by atoms with Gasteiger partial charge in [-0.1, -0.05) is 37.6 Å². The van der Waals surface area contributed by atoms with E-state index in [1.54, 1.807) is 6.92 Å². The second-order valence-corrected chi connectivity index (χ2v) is 4.59. The highest BCUT2D eigenvalue weighted by Gasteiger charge is 2.28. The first-order chi connectivity index (χ1) is 8.92. The number of hydrogen-bond acceptors (Lipinski definition) is 2. The lowest BCUT2D eigenvalue weighted by Crippen LogP contribution is -2.26. The Kier molecular flexibility index (Phi) is 6.31. The van der Waals surface area contributed by atoms with E-state index in [0.29, 0.717) is 0 Å². The van der Waals surface area contributed by atoms with Crippen LogP contribution in [0.25, 0.3) is 0 Å². The summed E-state index contributed by atoms with van der Waals surface area (Å²) in [5.74, 6) is 0. The van der Waals surface area contributed by atoms with Crippen LogP contribution in [0.4, 0.5) is 13.2 Å². The van der Waals surface area contributed by atoms with Crippen molar-refractivity contribution in [3.05, 3.63) is 35.4 Å². The van der Waals surface area contributed by atoms with Gasteiger partial charge in [0.1, 0.15) is 0 Å². The van der Waals surface area contributed by atoms with Gasteiger partial charge in [-0.2, -0.15) is 18.7 Å². The van der Waals surface area contributed by atoms with Gasteiger partial charge in [0.2, 0.25) is 0 Å². The van der Waals surface area contributed by atoms with Crippen LogP contribution in [0.15, 0.2) is 24.3 Å². The standard InChI is InChI=1S/C14H20F3NO/c1-3-4-5-12-6-8-13(9-7-12)11(2)18-19-10-14(15,16)17/h6-9,11,18H,3-5,10H2,1-2H3. The Labute approximate surface area is 111 Å². The lowest BCUT2D eigenvalue weighted by molar-refractivity contribution is -0.192. The fourth-order valence-corrected chi connectivity index (χ4v) is 1.67. The van der Waals surface area contributed by atoms with Crippen molar-refractivity contribution >= 4 is 0 Å². The van der Waals surface area contributed by atoms with E-state index < -0.39 is 12.8 Å². The molecule has 1 N–H and O–H groups in total. The molecule has 1 atom stereocenters. The van der Waals surface area contributed by atoms with Crippen molar-refractivity contribution in [2.45, 2.75) is 45.3 Å². The zero-order valence-corrected chi connectivity index (χ0v) is 11.3. The highest BCUT2D eigenvalue weighted by Crippen LogP contribution is 2.17. The second-order valence-electron chi connectivity index (χ2n) is 4.59. The summed E-state index contributed by atoms with van der Waals surface area (Å²) in [5.41, 5.74) is 4.55. The lowest BCUT2D eigenvalue weighted by atomic mass is 10.0. The van der Waals surface area contributed by atoms with E-state index in [-0.39, 0.29) is 6.04 Å². The summed E-state index contributed by atoms with van der Waals surface area (Å²) >= 11 is 0. The van der Waals surface area contributed by atoms with Gasteiger partial charge in [0, 0.05) is 0 Å². The van der Waals surface area contributed by atoms with Crippen molar-refractivity contribution in [2.75, 3.05) is 6.61 Å². The Bertz CT molecular complexity index is 362. The number of hydroxylamine groups is 1. The van der Waals surface area contributed by atoms with Gasteiger partial charge in [0.05, 0.1) is 6.04 Å². The summed E-state index contributed by atoms with van der Waals surface area (Å²) in [5, 5.41) is 0. The zero-order valence-electron chi connectivity index (χ0n) is 11.3. The maximum Gasteiger partial charge on any atom is 0.413 e. The molecule has 0 aromatic heterocycles. The van der Waals surface area contributed by atoms with E-state index >= 15 is 0 Å². The average Bonchev–Trinajstić information content (AvgIpc) is 2.35. The van der Waals surface area contributed by atoms with Crippen LogP contribution < -0.4 is 5.48 Å². The summed E-state index contributed by atoms with van der Waals surface area (Å²) < 4.78 is 35.7. The summed E-state index contributed by atoms with van der Waals surface area (Å²) in [7, 11) is 0. The first-order valence-corrected chi connectivity index (χ1v) is 6.45. The third-order valence-corrected chi connectivity index (χ3v) is 2.79. The largest absolute Gasteiger partial charge is 0.413 e. The smallest absolute Gasteiger partial charge is 0.292 e. The van der Waals surface area contributed by atoms with Crippen molar-refractivity contribution in [3.8, 4) is 0 Å². The van der Waals surface area contributed by atoms with Gasteiger partial charge in [0.25, 0.3) is 0 Å². The molecule has 0 radical (unpaired) electrons. The number of alkyl halides is 3. The van der Waals surface area contributed by atoms with Gasteiger partial charge < -0.3 is 0 Å². The van der Waals surface area contributed by atoms with Crippen molar-refractivity contribution < 1.29 is 18.0 Å². The van der Waals surface area contributed by atoms with Gasteiger partial charge in [-0.25, -0.2) is 0 Å². The van der Waals surface area contributed by atoms with Crippen molar-refractivity contribution in [1.82, 2.24) is 5.48 Å². The highest BCUT2D eigenvalue weighted by atomic mass is 19.4. The van der Waals surface area contributed by atoms with E-state index in [2.05, 4.69) is 17.2 Å². The lowest BCUT2D eigenvalue weighted by Gasteiger charge is -2.15. The van der Waals surface area contributed by atoms with E-state index in [0.717, 1.165) is 24.8 Å². The monoisotopic (exact) mass is 275 g/mol. The molecule has 0 amide bonds. The van der Waals surface area contributed by atoms with Crippen LogP contribution in [0, 0.1) is 0 Å². The summed E-state index contributed by atoms with van der Waals surface area (Å²) in [6.45, 7) is 2.61. The topological polar surface area (TPSA) is 21.3 Å². The fourth-order valence-electron chi connectivity index (χ4n) is 1.67. The van der Waals surface area contributed by atoms with Gasteiger partial charge >= 0.3 is 6.18 Å². The molecule has 19 heavy (non-hydrogen) atoms. The average molecular weight is 275 g/mol. The number of nitrogens with one attached hydrogen (secondary N) is 1. The predicted molar refractivity (Wildman–Crippen MR) is 68.6 cm³/mol. The predicted octanol–water partition coefficient (Wildman–Crippen LogP) is 4.17. The van der Waals surface area contributed by atoms with Crippen molar-refractivity contribution in [1.29, 1.82) is 0 Å². The van der Waals surface area contributed by atoms with Gasteiger partial charge in [-0.05, 0) is 30.9 Å². The minimum Gasteiger partial charge on any atom is -0.292 e. The molecule has 2 nitrogen and oxygen atoms in total. The Balaban J connectivity index is 2.42. The Morgan fingerprint density at radius 2 is 1.84 bits per heavy atom. The molecule has 1 rings (SSSR count). The second kappa shape index (κ2) is 7.50. The number of hydrogen-bond donors (Lipinski definition) is 1. The van der Waals surface area contributed by atoms with Crippen LogP contribution in [0.2, 0.25) is 0 Å². The summed E-state index contributed by atoms with van der Waals surface area (Å²) in [4.78, 5) is 4.43. The van der Waals surface area contributed by atoms with Crippen LogP contribution >= 0.6 is 0 Å². The minimum atomic E-state index is -4.31. The molecule has 1 unspecified atom stereocenters. The number of aryl methyl sites for hydroxylation is 1. The molecule has 1 aromatic rings. The molecular weight excluding hydrogens is 255 g/mol. The first kappa shape index (κ1) is 16.0. The Morgan fingerprint density at radius 1 is 1.21 bits per heavy atom. The van der Waals surface area contributed by atoms with E-state index in [9.17, 15) is 13.2 Å². The van der Waals surface area contributed by atoms with Crippen LogP contribution in [0.5, 0.6) is 0 Å². The Hall–Kier alpha value is -1.07. The highest BCUT2D eigenvalue weighted by molar-refractivity contribution is 5.24. The minimum absolute atomic E-state index is 0.275. The molecular formula is C14H20F3NO. The summed E-state index contributed by atoms with van der Waals surface area (Å²) in [6.07, 6.45) is -0.993. The van der Waals surface area contributed by atoms with Crippen molar-refractivity contribution in [2.24, 2.45) is 0 Å². The molecule has 0 saturated carbocycles. The van der Waals surface area contributed by atoms with Gasteiger partial charge in [-0.15, -0.1) is 0 Å². The summed E-state index contributed by atoms with van der Waals surface area (Å²) in [6, 6.07) is 7.57. The molecule has 0 aliphatic carbocycles. The molecule has 1 aromatic carbocycles. The van der Waals surface area contributed by atoms with Crippen LogP contribution in [-0.2, 0) is 11.3 Å². The van der Waals surface area contributed by atoms with Gasteiger partial charge in [-0.3, -0.25) is 4.84 Å². The third kappa shape index (κ3) is 6.59. The number of halogens is 3. The van der Waals surface area contributed by atoms with E-state index in [1.807, 2.05) is 24.3 Å². The molecule has 0 spiro atoms. The molecule has 108 valence electrons. The molecule has 0 bridgehead atoms. The number of benzene rings is 1. The molecule has 0 heterocycles. The van der Waals surface area contributed by atoms with E-state index in [4.69, 9.17) is 0 Å². The first-order valence-electron chi connectivity index (χ1n) is 6.45. The normalized spacial score (nSPS) is 13.5. The van der Waals surface area contributed by atoms with Crippen molar-refractivity contribution in [3.63, 3.8) is 0 Å². The molecule has 0 saturated heterocycles. The third-order valence-electron chi connectivity index (χ3n) is 2.79. The maximum atomic E-state index is 11.9. The zero-order chi connectivity index (χ0) is 14.3. The molecule has 5 heteroatoms. The number of unbranched alkanes of at least 4 members (excludes halogenated alkanes) is 1. The SMILES string of the molecule is CCCCc1ccc(C(C)NOCC(F)(F)F)cc1.